The quantitative estimate of drug-likeness (QED) is 0.608. The zero-order valence-electron chi connectivity index (χ0n) is 15.6. The number of hydrogen-bond acceptors (Lipinski definition) is 7. The fraction of sp³-hybridized carbons (Fsp3) is 0.100. The largest absolute Gasteiger partial charge is 0.350 e. The van der Waals surface area contributed by atoms with Crippen LogP contribution in [0.25, 0.3) is 11.8 Å². The third kappa shape index (κ3) is 4.28. The van der Waals surface area contributed by atoms with Gasteiger partial charge in [0.2, 0.25) is 0 Å². The van der Waals surface area contributed by atoms with Crippen molar-refractivity contribution in [1.29, 1.82) is 0 Å². The van der Waals surface area contributed by atoms with Crippen molar-refractivity contribution in [2.45, 2.75) is 0 Å². The Kier molecular flexibility index (Phi) is 5.66. The Morgan fingerprint density at radius 3 is 2.70 bits per heavy atom. The van der Waals surface area contributed by atoms with Crippen molar-refractivity contribution in [3.63, 3.8) is 0 Å². The maximum absolute atomic E-state index is 12.5. The van der Waals surface area contributed by atoms with E-state index in [1.807, 2.05) is 30.3 Å². The number of imide groups is 1. The molecule has 1 aromatic heterocycles. The molecule has 1 aliphatic rings. The van der Waals surface area contributed by atoms with Gasteiger partial charge in [0, 0.05) is 18.7 Å². The molecule has 150 valence electrons. The average molecular weight is 420 g/mol. The van der Waals surface area contributed by atoms with Crippen molar-refractivity contribution in [2.75, 3.05) is 13.1 Å². The molecule has 0 unspecified atom stereocenters. The van der Waals surface area contributed by atoms with E-state index >= 15 is 0 Å². The van der Waals surface area contributed by atoms with Gasteiger partial charge < -0.3 is 5.32 Å². The number of thioether (sulfide) groups is 1. The average Bonchev–Trinajstić information content (AvgIpc) is 3.39. The lowest BCUT2D eigenvalue weighted by molar-refractivity contribution is -0.122. The minimum absolute atomic E-state index is 0.0925. The number of benzene rings is 2. The third-order valence-corrected chi connectivity index (χ3v) is 5.22. The summed E-state index contributed by atoms with van der Waals surface area (Å²) >= 11 is 0.897. The molecular weight excluding hydrogens is 404 g/mol. The second-order valence-electron chi connectivity index (χ2n) is 6.30. The van der Waals surface area contributed by atoms with E-state index in [-0.39, 0.29) is 30.1 Å². The molecule has 0 aliphatic carbocycles. The number of carbonyl (C=O) groups is 3. The predicted molar refractivity (Wildman–Crippen MR) is 111 cm³/mol. The topological polar surface area (TPSA) is 110 Å². The summed E-state index contributed by atoms with van der Waals surface area (Å²) in [7, 11) is 0. The van der Waals surface area contributed by atoms with E-state index in [1.165, 1.54) is 11.0 Å². The molecule has 0 bridgehead atoms. The third-order valence-electron chi connectivity index (χ3n) is 4.31. The van der Waals surface area contributed by atoms with E-state index in [2.05, 4.69) is 20.8 Å². The van der Waals surface area contributed by atoms with Crippen molar-refractivity contribution in [3.05, 3.63) is 77.0 Å². The molecule has 0 spiro atoms. The number of nitrogens with zero attached hydrogens (tertiary/aromatic N) is 5. The molecule has 2 heterocycles. The highest BCUT2D eigenvalue weighted by molar-refractivity contribution is 8.18. The summed E-state index contributed by atoms with van der Waals surface area (Å²) in [6.07, 6.45) is 3.12. The zero-order valence-corrected chi connectivity index (χ0v) is 16.5. The highest BCUT2D eigenvalue weighted by Crippen LogP contribution is 2.31. The minimum atomic E-state index is -0.358. The summed E-state index contributed by atoms with van der Waals surface area (Å²) in [6.45, 7) is 0.236. The molecule has 0 atom stereocenters. The van der Waals surface area contributed by atoms with E-state index < -0.39 is 0 Å². The maximum Gasteiger partial charge on any atom is 0.293 e. The van der Waals surface area contributed by atoms with Gasteiger partial charge in [-0.25, -0.2) is 4.68 Å². The second kappa shape index (κ2) is 8.70. The van der Waals surface area contributed by atoms with Gasteiger partial charge in [0.25, 0.3) is 17.1 Å². The van der Waals surface area contributed by atoms with Crippen LogP contribution >= 0.6 is 11.8 Å². The molecule has 1 aliphatic heterocycles. The number of nitrogens with one attached hydrogen (secondary N) is 1. The monoisotopic (exact) mass is 420 g/mol. The Labute approximate surface area is 175 Å². The molecule has 30 heavy (non-hydrogen) atoms. The smallest absolute Gasteiger partial charge is 0.293 e. The van der Waals surface area contributed by atoms with Gasteiger partial charge in [-0.1, -0.05) is 36.4 Å². The molecule has 0 saturated carbocycles. The van der Waals surface area contributed by atoms with E-state index in [0.29, 0.717) is 16.2 Å². The Bertz CT molecular complexity index is 1110. The molecule has 1 N–H and O–H groups in total. The zero-order chi connectivity index (χ0) is 20.9. The van der Waals surface area contributed by atoms with Crippen molar-refractivity contribution in [1.82, 2.24) is 30.4 Å². The van der Waals surface area contributed by atoms with Gasteiger partial charge in [0.1, 0.15) is 6.33 Å². The van der Waals surface area contributed by atoms with Crippen molar-refractivity contribution >= 4 is 34.9 Å². The van der Waals surface area contributed by atoms with Crippen LogP contribution in [0.2, 0.25) is 0 Å². The van der Waals surface area contributed by atoms with Crippen LogP contribution in [0.15, 0.2) is 65.8 Å². The van der Waals surface area contributed by atoms with E-state index in [9.17, 15) is 14.4 Å². The summed E-state index contributed by atoms with van der Waals surface area (Å²) in [4.78, 5) is 38.7. The molecule has 9 nitrogen and oxygen atoms in total. The van der Waals surface area contributed by atoms with Gasteiger partial charge in [0.05, 0.1) is 10.6 Å². The Morgan fingerprint density at radius 1 is 1.10 bits per heavy atom. The van der Waals surface area contributed by atoms with Gasteiger partial charge >= 0.3 is 0 Å². The van der Waals surface area contributed by atoms with Crippen LogP contribution in [0.3, 0.4) is 0 Å². The predicted octanol–water partition coefficient (Wildman–Crippen LogP) is 2.13. The van der Waals surface area contributed by atoms with Gasteiger partial charge in [-0.05, 0) is 52.0 Å². The molecular formula is C20H16N6O3S. The van der Waals surface area contributed by atoms with Crippen LogP contribution < -0.4 is 5.32 Å². The Morgan fingerprint density at radius 2 is 1.93 bits per heavy atom. The van der Waals surface area contributed by atoms with Gasteiger partial charge in [-0.2, -0.15) is 0 Å². The molecule has 2 aromatic carbocycles. The molecule has 1 fully saturated rings. The van der Waals surface area contributed by atoms with Crippen molar-refractivity contribution < 1.29 is 14.4 Å². The first-order valence-electron chi connectivity index (χ1n) is 9.04. The lowest BCUT2D eigenvalue weighted by atomic mass is 10.2. The highest BCUT2D eigenvalue weighted by atomic mass is 32.2. The molecule has 3 aromatic rings. The summed E-state index contributed by atoms with van der Waals surface area (Å²) in [6, 6.07) is 16.1. The lowest BCUT2D eigenvalue weighted by Gasteiger charge is -2.13. The summed E-state index contributed by atoms with van der Waals surface area (Å²) in [5, 5.41) is 13.3. The minimum Gasteiger partial charge on any atom is -0.350 e. The van der Waals surface area contributed by atoms with Gasteiger partial charge in [-0.3, -0.25) is 19.3 Å². The van der Waals surface area contributed by atoms with E-state index in [1.54, 1.807) is 30.3 Å². The molecule has 3 amide bonds. The fourth-order valence-corrected chi connectivity index (χ4v) is 3.71. The number of amides is 3. The number of tetrazole rings is 1. The first-order valence-corrected chi connectivity index (χ1v) is 9.85. The SMILES string of the molecule is O=C(NCCN1C(=O)S/C(=C\c2ccccc2)C1=O)c1cccc(-n2cnnn2)c1. The van der Waals surface area contributed by atoms with Crippen LogP contribution in [-0.2, 0) is 4.79 Å². The highest BCUT2D eigenvalue weighted by Gasteiger charge is 2.34. The van der Waals surface area contributed by atoms with E-state index in [0.717, 1.165) is 22.2 Å². The Hall–Kier alpha value is -3.79. The van der Waals surface area contributed by atoms with Gasteiger partial charge in [0.15, 0.2) is 0 Å². The van der Waals surface area contributed by atoms with Crippen molar-refractivity contribution in [3.8, 4) is 5.69 Å². The fourth-order valence-electron chi connectivity index (χ4n) is 2.85. The van der Waals surface area contributed by atoms with Crippen LogP contribution in [0, 0.1) is 0 Å². The van der Waals surface area contributed by atoms with E-state index in [4.69, 9.17) is 0 Å². The molecule has 1 saturated heterocycles. The van der Waals surface area contributed by atoms with Crippen LogP contribution in [-0.4, -0.2) is 55.3 Å². The van der Waals surface area contributed by atoms with Crippen LogP contribution in [0.1, 0.15) is 15.9 Å². The van der Waals surface area contributed by atoms with Gasteiger partial charge in [-0.15, -0.1) is 5.10 Å². The molecule has 4 rings (SSSR count). The number of hydrogen-bond donors (Lipinski definition) is 1. The standard InChI is InChI=1S/C20H16N6O3S/c27-18(15-7-4-8-16(12-15)26-13-22-23-24-26)21-9-10-25-19(28)17(30-20(25)29)11-14-5-2-1-3-6-14/h1-8,11-13H,9-10H2,(H,21,27)/b17-11-. The van der Waals surface area contributed by atoms with Crippen LogP contribution in [0.5, 0.6) is 0 Å². The summed E-state index contributed by atoms with van der Waals surface area (Å²) in [5.74, 6) is -0.680. The van der Waals surface area contributed by atoms with Crippen LogP contribution in [0.4, 0.5) is 4.79 Å². The summed E-state index contributed by atoms with van der Waals surface area (Å²) < 4.78 is 1.44. The van der Waals surface area contributed by atoms with Crippen molar-refractivity contribution in [2.24, 2.45) is 0 Å². The Balaban J connectivity index is 1.36. The lowest BCUT2D eigenvalue weighted by Crippen LogP contribution is -2.37. The number of carbonyl (C=O) groups excluding carboxylic acids is 3. The normalized spacial score (nSPS) is 15.1. The number of rotatable bonds is 6. The maximum atomic E-state index is 12.5. The molecule has 0 radical (unpaired) electrons. The molecule has 10 heteroatoms. The first kappa shape index (κ1) is 19.5. The second-order valence-corrected chi connectivity index (χ2v) is 7.30. The first-order chi connectivity index (χ1) is 14.6. The summed E-state index contributed by atoms with van der Waals surface area (Å²) in [5.41, 5.74) is 1.91. The number of aromatic nitrogens is 4.